The minimum atomic E-state index is 0.331. The predicted molar refractivity (Wildman–Crippen MR) is 76.0 cm³/mol. The van der Waals surface area contributed by atoms with Crippen molar-refractivity contribution in [1.29, 1.82) is 0 Å². The molecule has 3 heteroatoms. The van der Waals surface area contributed by atoms with Crippen LogP contribution in [0, 0.1) is 0 Å². The van der Waals surface area contributed by atoms with Crippen LogP contribution < -0.4 is 5.32 Å². The van der Waals surface area contributed by atoms with Crippen molar-refractivity contribution in [3.05, 3.63) is 66.0 Å². The molecule has 0 spiro atoms. The van der Waals surface area contributed by atoms with Gasteiger partial charge in [0.15, 0.2) is 0 Å². The topological polar surface area (TPSA) is 29.9 Å². The van der Waals surface area contributed by atoms with Crippen molar-refractivity contribution in [1.82, 2.24) is 14.9 Å². The SMILES string of the molecule is c1ccc2c(c1)CNCC2n1cnc2ccccc21. The lowest BCUT2D eigenvalue weighted by Crippen LogP contribution is -2.31. The Labute approximate surface area is 111 Å². The highest BCUT2D eigenvalue weighted by Crippen LogP contribution is 2.28. The number of nitrogens with zero attached hydrogens (tertiary/aromatic N) is 2. The number of aromatic nitrogens is 2. The first-order valence-corrected chi connectivity index (χ1v) is 6.63. The van der Waals surface area contributed by atoms with Crippen molar-refractivity contribution in [2.45, 2.75) is 12.6 Å². The molecule has 1 atom stereocenters. The minimum Gasteiger partial charge on any atom is -0.322 e. The van der Waals surface area contributed by atoms with Gasteiger partial charge in [0.05, 0.1) is 23.4 Å². The maximum absolute atomic E-state index is 4.50. The zero-order chi connectivity index (χ0) is 12.7. The molecule has 0 saturated carbocycles. The summed E-state index contributed by atoms with van der Waals surface area (Å²) in [5.74, 6) is 0. The standard InChI is InChI=1S/C16H15N3/c1-2-6-13-12(5-1)9-17-10-16(13)19-11-18-14-7-3-4-8-15(14)19/h1-8,11,16-17H,9-10H2. The van der Waals surface area contributed by atoms with E-state index >= 15 is 0 Å². The lowest BCUT2D eigenvalue weighted by atomic mass is 9.96. The summed E-state index contributed by atoms with van der Waals surface area (Å²) in [6.07, 6.45) is 1.96. The first-order valence-electron chi connectivity index (χ1n) is 6.63. The van der Waals surface area contributed by atoms with Gasteiger partial charge in [-0.05, 0) is 23.3 Å². The number of hydrogen-bond acceptors (Lipinski definition) is 2. The summed E-state index contributed by atoms with van der Waals surface area (Å²) in [6.45, 7) is 1.91. The van der Waals surface area contributed by atoms with E-state index in [0.717, 1.165) is 18.6 Å². The Balaban J connectivity index is 1.90. The number of nitrogens with one attached hydrogen (secondary N) is 1. The molecule has 0 amide bonds. The first-order chi connectivity index (χ1) is 9.43. The number of hydrogen-bond donors (Lipinski definition) is 1. The quantitative estimate of drug-likeness (QED) is 0.718. The van der Waals surface area contributed by atoms with Gasteiger partial charge in [-0.3, -0.25) is 0 Å². The molecule has 19 heavy (non-hydrogen) atoms. The van der Waals surface area contributed by atoms with Crippen LogP contribution in [0.1, 0.15) is 17.2 Å². The Bertz CT molecular complexity index is 729. The number of para-hydroxylation sites is 2. The normalized spacial score (nSPS) is 18.4. The summed E-state index contributed by atoms with van der Waals surface area (Å²) >= 11 is 0. The molecule has 0 fully saturated rings. The highest BCUT2D eigenvalue weighted by atomic mass is 15.1. The fraction of sp³-hybridized carbons (Fsp3) is 0.188. The lowest BCUT2D eigenvalue weighted by Gasteiger charge is -2.27. The molecule has 0 aliphatic carbocycles. The molecule has 0 saturated heterocycles. The first kappa shape index (κ1) is 10.8. The van der Waals surface area contributed by atoms with Crippen LogP contribution in [0.15, 0.2) is 54.9 Å². The van der Waals surface area contributed by atoms with Gasteiger partial charge in [0.2, 0.25) is 0 Å². The summed E-state index contributed by atoms with van der Waals surface area (Å²) in [6, 6.07) is 17.3. The van der Waals surface area contributed by atoms with Crippen LogP contribution in [0.3, 0.4) is 0 Å². The molecule has 94 valence electrons. The van der Waals surface area contributed by atoms with Crippen molar-refractivity contribution in [3.8, 4) is 0 Å². The Hall–Kier alpha value is -2.13. The van der Waals surface area contributed by atoms with E-state index in [1.807, 2.05) is 12.4 Å². The van der Waals surface area contributed by atoms with Gasteiger partial charge < -0.3 is 9.88 Å². The van der Waals surface area contributed by atoms with E-state index < -0.39 is 0 Å². The molecule has 3 nitrogen and oxygen atoms in total. The van der Waals surface area contributed by atoms with Crippen LogP contribution in [0.2, 0.25) is 0 Å². The summed E-state index contributed by atoms with van der Waals surface area (Å²) in [5.41, 5.74) is 5.05. The smallest absolute Gasteiger partial charge is 0.0964 e. The second-order valence-corrected chi connectivity index (χ2v) is 4.99. The van der Waals surface area contributed by atoms with Gasteiger partial charge in [-0.2, -0.15) is 0 Å². The Kier molecular flexibility index (Phi) is 2.38. The van der Waals surface area contributed by atoms with E-state index in [2.05, 4.69) is 57.3 Å². The molecule has 1 aromatic heterocycles. The van der Waals surface area contributed by atoms with Gasteiger partial charge >= 0.3 is 0 Å². The molecule has 2 heterocycles. The van der Waals surface area contributed by atoms with Crippen LogP contribution in [0.25, 0.3) is 11.0 Å². The monoisotopic (exact) mass is 249 g/mol. The zero-order valence-corrected chi connectivity index (χ0v) is 10.6. The summed E-state index contributed by atoms with van der Waals surface area (Å²) < 4.78 is 2.28. The molecule has 2 aromatic carbocycles. The lowest BCUT2D eigenvalue weighted by molar-refractivity contribution is 0.495. The summed E-state index contributed by atoms with van der Waals surface area (Å²) in [5, 5.41) is 3.50. The third-order valence-corrected chi connectivity index (χ3v) is 3.88. The van der Waals surface area contributed by atoms with E-state index in [-0.39, 0.29) is 0 Å². The third kappa shape index (κ3) is 1.66. The number of benzene rings is 2. The molecule has 0 radical (unpaired) electrons. The van der Waals surface area contributed by atoms with Crippen molar-refractivity contribution in [2.75, 3.05) is 6.54 Å². The van der Waals surface area contributed by atoms with Gasteiger partial charge in [0, 0.05) is 13.1 Å². The number of imidazole rings is 1. The third-order valence-electron chi connectivity index (χ3n) is 3.88. The average Bonchev–Trinajstić information content (AvgIpc) is 2.90. The van der Waals surface area contributed by atoms with Gasteiger partial charge in [-0.1, -0.05) is 36.4 Å². The second kappa shape index (κ2) is 4.21. The molecule has 1 unspecified atom stereocenters. The fourth-order valence-corrected chi connectivity index (χ4v) is 2.95. The highest BCUT2D eigenvalue weighted by Gasteiger charge is 2.21. The molecule has 3 aromatic rings. The minimum absolute atomic E-state index is 0.331. The number of rotatable bonds is 1. The van der Waals surface area contributed by atoms with Crippen molar-refractivity contribution < 1.29 is 0 Å². The average molecular weight is 249 g/mol. The molecule has 0 bridgehead atoms. The molecular formula is C16H15N3. The second-order valence-electron chi connectivity index (χ2n) is 4.99. The highest BCUT2D eigenvalue weighted by molar-refractivity contribution is 5.75. The molecule has 1 aliphatic heterocycles. The molecule has 1 aliphatic rings. The largest absolute Gasteiger partial charge is 0.322 e. The van der Waals surface area contributed by atoms with E-state index in [1.165, 1.54) is 16.6 Å². The van der Waals surface area contributed by atoms with Gasteiger partial charge in [-0.15, -0.1) is 0 Å². The Morgan fingerprint density at radius 1 is 1.05 bits per heavy atom. The van der Waals surface area contributed by atoms with Crippen molar-refractivity contribution in [2.24, 2.45) is 0 Å². The Morgan fingerprint density at radius 3 is 2.89 bits per heavy atom. The van der Waals surface area contributed by atoms with Crippen LogP contribution in [-0.4, -0.2) is 16.1 Å². The van der Waals surface area contributed by atoms with Crippen LogP contribution in [0.4, 0.5) is 0 Å². The number of fused-ring (bicyclic) bond motifs is 2. The van der Waals surface area contributed by atoms with E-state index in [9.17, 15) is 0 Å². The van der Waals surface area contributed by atoms with E-state index in [1.54, 1.807) is 0 Å². The molecule has 1 N–H and O–H groups in total. The van der Waals surface area contributed by atoms with E-state index in [0.29, 0.717) is 6.04 Å². The van der Waals surface area contributed by atoms with Gasteiger partial charge in [0.1, 0.15) is 0 Å². The van der Waals surface area contributed by atoms with Gasteiger partial charge in [0.25, 0.3) is 0 Å². The molecule has 4 rings (SSSR count). The summed E-state index contributed by atoms with van der Waals surface area (Å²) in [7, 11) is 0. The predicted octanol–water partition coefficient (Wildman–Crippen LogP) is 2.73. The Morgan fingerprint density at radius 2 is 1.89 bits per heavy atom. The van der Waals surface area contributed by atoms with E-state index in [4.69, 9.17) is 0 Å². The fourth-order valence-electron chi connectivity index (χ4n) is 2.95. The maximum atomic E-state index is 4.50. The van der Waals surface area contributed by atoms with Crippen molar-refractivity contribution >= 4 is 11.0 Å². The molecular weight excluding hydrogens is 234 g/mol. The maximum Gasteiger partial charge on any atom is 0.0964 e. The van der Waals surface area contributed by atoms with Crippen LogP contribution in [0.5, 0.6) is 0 Å². The van der Waals surface area contributed by atoms with Crippen LogP contribution >= 0.6 is 0 Å². The van der Waals surface area contributed by atoms with Gasteiger partial charge in [-0.25, -0.2) is 4.98 Å². The van der Waals surface area contributed by atoms with Crippen LogP contribution in [-0.2, 0) is 6.54 Å². The zero-order valence-electron chi connectivity index (χ0n) is 10.6. The summed E-state index contributed by atoms with van der Waals surface area (Å²) in [4.78, 5) is 4.50. The van der Waals surface area contributed by atoms with Crippen molar-refractivity contribution in [3.63, 3.8) is 0 Å².